The Balaban J connectivity index is 1.71. The number of carbonyl (C=O) groups excluding carboxylic acids is 1. The Morgan fingerprint density at radius 2 is 1.76 bits per heavy atom. The number of aryl methyl sites for hydroxylation is 1. The Labute approximate surface area is 151 Å². The van der Waals surface area contributed by atoms with Crippen LogP contribution in [0.3, 0.4) is 0 Å². The maximum absolute atomic E-state index is 12.7. The standard InChI is InChI=1S/C22H29NO2/c1-15-7-9-18-12-16(8-10-17(18)11-15)14-25-20(24)19-13-21(2,3)23(6)22(19,4)5/h7-12,19H,13-14H2,1-6H3. The van der Waals surface area contributed by atoms with E-state index in [2.05, 4.69) is 76.9 Å². The summed E-state index contributed by atoms with van der Waals surface area (Å²) < 4.78 is 5.70. The van der Waals surface area contributed by atoms with Crippen LogP contribution in [0, 0.1) is 12.8 Å². The maximum atomic E-state index is 12.7. The second-order valence-electron chi connectivity index (χ2n) is 8.57. The summed E-state index contributed by atoms with van der Waals surface area (Å²) in [6, 6.07) is 12.7. The molecule has 0 amide bonds. The van der Waals surface area contributed by atoms with E-state index in [4.69, 9.17) is 4.74 Å². The lowest BCUT2D eigenvalue weighted by Crippen LogP contribution is -2.48. The van der Waals surface area contributed by atoms with Crippen LogP contribution in [0.15, 0.2) is 36.4 Å². The van der Waals surface area contributed by atoms with Gasteiger partial charge >= 0.3 is 5.97 Å². The molecule has 1 unspecified atom stereocenters. The molecule has 0 aromatic heterocycles. The van der Waals surface area contributed by atoms with Crippen LogP contribution in [-0.2, 0) is 16.1 Å². The monoisotopic (exact) mass is 339 g/mol. The summed E-state index contributed by atoms with van der Waals surface area (Å²) in [5, 5.41) is 2.40. The molecular formula is C22H29NO2. The molecular weight excluding hydrogens is 310 g/mol. The van der Waals surface area contributed by atoms with E-state index in [9.17, 15) is 4.79 Å². The number of hydrogen-bond donors (Lipinski definition) is 0. The van der Waals surface area contributed by atoms with E-state index in [0.29, 0.717) is 6.61 Å². The van der Waals surface area contributed by atoms with E-state index in [-0.39, 0.29) is 23.0 Å². The molecule has 1 atom stereocenters. The first kappa shape index (κ1) is 17.9. The fourth-order valence-electron chi connectivity index (χ4n) is 4.03. The topological polar surface area (TPSA) is 29.5 Å². The average molecular weight is 339 g/mol. The average Bonchev–Trinajstić information content (AvgIpc) is 2.72. The quantitative estimate of drug-likeness (QED) is 0.759. The molecule has 0 radical (unpaired) electrons. The molecule has 2 aromatic carbocycles. The van der Waals surface area contributed by atoms with Gasteiger partial charge in [-0.2, -0.15) is 0 Å². The number of fused-ring (bicyclic) bond motifs is 1. The van der Waals surface area contributed by atoms with Gasteiger partial charge in [0, 0.05) is 11.1 Å². The summed E-state index contributed by atoms with van der Waals surface area (Å²) >= 11 is 0. The SMILES string of the molecule is Cc1ccc2cc(COC(=O)C3CC(C)(C)N(C)C3(C)C)ccc2c1. The van der Waals surface area contributed by atoms with Gasteiger partial charge in [-0.25, -0.2) is 0 Å². The first-order valence-corrected chi connectivity index (χ1v) is 9.01. The van der Waals surface area contributed by atoms with Gasteiger partial charge < -0.3 is 4.74 Å². The van der Waals surface area contributed by atoms with Crippen LogP contribution in [-0.4, -0.2) is 29.0 Å². The molecule has 1 aliphatic heterocycles. The highest BCUT2D eigenvalue weighted by Gasteiger charge is 2.52. The minimum Gasteiger partial charge on any atom is -0.461 e. The number of likely N-dealkylation sites (tertiary alicyclic amines) is 1. The van der Waals surface area contributed by atoms with E-state index >= 15 is 0 Å². The van der Waals surface area contributed by atoms with Gasteiger partial charge in [0.05, 0.1) is 5.92 Å². The van der Waals surface area contributed by atoms with E-state index in [1.165, 1.54) is 16.3 Å². The van der Waals surface area contributed by atoms with Gasteiger partial charge in [0.15, 0.2) is 0 Å². The second-order valence-corrected chi connectivity index (χ2v) is 8.57. The summed E-state index contributed by atoms with van der Waals surface area (Å²) in [5.74, 6) is -0.193. The van der Waals surface area contributed by atoms with Gasteiger partial charge in [-0.15, -0.1) is 0 Å². The van der Waals surface area contributed by atoms with Crippen molar-refractivity contribution in [3.63, 3.8) is 0 Å². The fourth-order valence-corrected chi connectivity index (χ4v) is 4.03. The zero-order valence-corrected chi connectivity index (χ0v) is 16.2. The Bertz CT molecular complexity index is 807. The minimum absolute atomic E-state index is 0.00793. The van der Waals surface area contributed by atoms with E-state index in [1.54, 1.807) is 0 Å². The molecule has 0 bridgehead atoms. The van der Waals surface area contributed by atoms with Crippen molar-refractivity contribution in [3.8, 4) is 0 Å². The summed E-state index contributed by atoms with van der Waals surface area (Å²) in [6.07, 6.45) is 0.826. The van der Waals surface area contributed by atoms with Gasteiger partial charge in [0.1, 0.15) is 6.61 Å². The molecule has 1 heterocycles. The molecule has 25 heavy (non-hydrogen) atoms. The van der Waals surface area contributed by atoms with Gasteiger partial charge in [-0.05, 0) is 70.5 Å². The van der Waals surface area contributed by atoms with Crippen LogP contribution >= 0.6 is 0 Å². The van der Waals surface area contributed by atoms with E-state index in [0.717, 1.165) is 12.0 Å². The molecule has 1 fully saturated rings. The van der Waals surface area contributed by atoms with Crippen LogP contribution in [0.2, 0.25) is 0 Å². The first-order valence-electron chi connectivity index (χ1n) is 9.01. The van der Waals surface area contributed by atoms with Crippen LogP contribution < -0.4 is 0 Å². The Kier molecular flexibility index (Phi) is 4.40. The van der Waals surface area contributed by atoms with Gasteiger partial charge in [0.2, 0.25) is 0 Å². The number of rotatable bonds is 3. The molecule has 0 N–H and O–H groups in total. The number of benzene rings is 2. The zero-order valence-electron chi connectivity index (χ0n) is 16.2. The lowest BCUT2D eigenvalue weighted by Gasteiger charge is -2.37. The largest absolute Gasteiger partial charge is 0.461 e. The predicted molar refractivity (Wildman–Crippen MR) is 103 cm³/mol. The van der Waals surface area contributed by atoms with Crippen LogP contribution in [0.25, 0.3) is 10.8 Å². The molecule has 0 spiro atoms. The molecule has 0 saturated carbocycles. The third-order valence-corrected chi connectivity index (χ3v) is 6.05. The molecule has 3 heteroatoms. The molecule has 3 nitrogen and oxygen atoms in total. The predicted octanol–water partition coefficient (Wildman–Crippen LogP) is 4.70. The first-order chi connectivity index (χ1) is 11.6. The van der Waals surface area contributed by atoms with Crippen molar-refractivity contribution in [2.75, 3.05) is 7.05 Å². The van der Waals surface area contributed by atoms with E-state index < -0.39 is 0 Å². The fraction of sp³-hybridized carbons (Fsp3) is 0.500. The van der Waals surface area contributed by atoms with E-state index in [1.807, 2.05) is 6.07 Å². The van der Waals surface area contributed by atoms with Crippen LogP contribution in [0.4, 0.5) is 0 Å². The Morgan fingerprint density at radius 3 is 2.40 bits per heavy atom. The summed E-state index contributed by atoms with van der Waals surface area (Å²) in [4.78, 5) is 15.0. The highest BCUT2D eigenvalue weighted by atomic mass is 16.5. The van der Waals surface area contributed by atoms with Crippen molar-refractivity contribution in [2.24, 2.45) is 5.92 Å². The summed E-state index contributed by atoms with van der Waals surface area (Å²) in [7, 11) is 2.10. The molecule has 3 rings (SSSR count). The molecule has 1 saturated heterocycles. The third kappa shape index (κ3) is 3.30. The molecule has 2 aromatic rings. The van der Waals surface area contributed by atoms with Crippen molar-refractivity contribution in [3.05, 3.63) is 47.5 Å². The Morgan fingerprint density at radius 1 is 1.12 bits per heavy atom. The summed E-state index contributed by atoms with van der Waals surface area (Å²) in [6.45, 7) is 11.1. The maximum Gasteiger partial charge on any atom is 0.311 e. The van der Waals surface area contributed by atoms with Crippen LogP contribution in [0.1, 0.15) is 45.2 Å². The highest BCUT2D eigenvalue weighted by Crippen LogP contribution is 2.44. The second kappa shape index (κ2) is 6.14. The van der Waals surface area contributed by atoms with Crippen molar-refractivity contribution >= 4 is 16.7 Å². The molecule has 1 aliphatic rings. The highest BCUT2D eigenvalue weighted by molar-refractivity contribution is 5.83. The Hall–Kier alpha value is -1.87. The van der Waals surface area contributed by atoms with Crippen molar-refractivity contribution < 1.29 is 9.53 Å². The zero-order chi connectivity index (χ0) is 18.4. The summed E-state index contributed by atoms with van der Waals surface area (Å²) in [5.41, 5.74) is 2.10. The van der Waals surface area contributed by atoms with Gasteiger partial charge in [-0.1, -0.05) is 35.9 Å². The smallest absolute Gasteiger partial charge is 0.311 e. The van der Waals surface area contributed by atoms with Crippen molar-refractivity contribution in [1.29, 1.82) is 0 Å². The lowest BCUT2D eigenvalue weighted by atomic mass is 9.87. The minimum atomic E-state index is -0.193. The number of nitrogens with zero attached hydrogens (tertiary/aromatic N) is 1. The van der Waals surface area contributed by atoms with Crippen LogP contribution in [0.5, 0.6) is 0 Å². The number of ether oxygens (including phenoxy) is 1. The number of carbonyl (C=O) groups is 1. The normalized spacial score (nSPS) is 22.2. The third-order valence-electron chi connectivity index (χ3n) is 6.05. The number of hydrogen-bond acceptors (Lipinski definition) is 3. The van der Waals surface area contributed by atoms with Gasteiger partial charge in [-0.3, -0.25) is 9.69 Å². The number of esters is 1. The van der Waals surface area contributed by atoms with Gasteiger partial charge in [0.25, 0.3) is 0 Å². The van der Waals surface area contributed by atoms with Crippen molar-refractivity contribution in [2.45, 2.75) is 58.7 Å². The molecule has 134 valence electrons. The lowest BCUT2D eigenvalue weighted by molar-refractivity contribution is -0.152. The van der Waals surface area contributed by atoms with Crippen molar-refractivity contribution in [1.82, 2.24) is 4.90 Å². The molecule has 0 aliphatic carbocycles.